The second-order valence-electron chi connectivity index (χ2n) is 7.88. The van der Waals surface area contributed by atoms with Crippen molar-refractivity contribution in [1.82, 2.24) is 9.88 Å². The summed E-state index contributed by atoms with van der Waals surface area (Å²) in [6.45, 7) is 4.08. The molecule has 0 bridgehead atoms. The maximum Gasteiger partial charge on any atom is 0.255 e. The summed E-state index contributed by atoms with van der Waals surface area (Å²) < 4.78 is 5.88. The molecule has 0 spiro atoms. The van der Waals surface area contributed by atoms with Crippen LogP contribution < -0.4 is 14.5 Å². The van der Waals surface area contributed by atoms with Gasteiger partial charge in [0.1, 0.15) is 6.61 Å². The summed E-state index contributed by atoms with van der Waals surface area (Å²) in [6.07, 6.45) is 6.19. The van der Waals surface area contributed by atoms with Gasteiger partial charge < -0.3 is 19.4 Å². The van der Waals surface area contributed by atoms with Crippen LogP contribution in [0, 0.1) is 0 Å². The standard InChI is InChI=1S/C22H26N4O2/c1-24-10-7-16-5-6-18(14-19(16)24)26-11-12-28-20-13-17(15-23-21(20)26)22(27)25-8-3-2-4-9-25/h5-6,13-15H,2-4,7-12H2,1H3. The number of nitrogens with zero attached hydrogens (tertiary/aromatic N) is 4. The molecule has 4 heterocycles. The number of carbonyl (C=O) groups is 1. The normalized spacial score (nSPS) is 18.5. The maximum absolute atomic E-state index is 12.8. The number of aromatic nitrogens is 1. The number of likely N-dealkylation sites (N-methyl/N-ethyl adjacent to an activating group) is 1. The summed E-state index contributed by atoms with van der Waals surface area (Å²) in [6, 6.07) is 8.50. The van der Waals surface area contributed by atoms with E-state index in [9.17, 15) is 4.79 Å². The second kappa shape index (κ2) is 7.00. The Morgan fingerprint density at radius 2 is 1.93 bits per heavy atom. The van der Waals surface area contributed by atoms with Crippen molar-refractivity contribution in [3.05, 3.63) is 41.6 Å². The number of piperidine rings is 1. The van der Waals surface area contributed by atoms with Gasteiger partial charge in [0.15, 0.2) is 11.6 Å². The molecule has 1 amide bonds. The average Bonchev–Trinajstić information content (AvgIpc) is 3.13. The molecule has 1 saturated heterocycles. The molecule has 146 valence electrons. The highest BCUT2D eigenvalue weighted by atomic mass is 16.5. The molecule has 0 unspecified atom stereocenters. The Morgan fingerprint density at radius 1 is 1.07 bits per heavy atom. The molecule has 28 heavy (non-hydrogen) atoms. The summed E-state index contributed by atoms with van der Waals surface area (Å²) in [5, 5.41) is 0. The molecule has 6 nitrogen and oxygen atoms in total. The highest BCUT2D eigenvalue weighted by Gasteiger charge is 2.26. The van der Waals surface area contributed by atoms with Crippen molar-refractivity contribution in [1.29, 1.82) is 0 Å². The summed E-state index contributed by atoms with van der Waals surface area (Å²) in [7, 11) is 2.14. The zero-order chi connectivity index (χ0) is 19.1. The van der Waals surface area contributed by atoms with Crippen molar-refractivity contribution < 1.29 is 9.53 Å². The molecule has 0 saturated carbocycles. The topological polar surface area (TPSA) is 48.9 Å². The fourth-order valence-corrected chi connectivity index (χ4v) is 4.44. The first-order valence-electron chi connectivity index (χ1n) is 10.2. The molecule has 1 fully saturated rings. The van der Waals surface area contributed by atoms with E-state index < -0.39 is 0 Å². The Balaban J connectivity index is 1.44. The fraction of sp³-hybridized carbons (Fsp3) is 0.455. The van der Waals surface area contributed by atoms with Crippen molar-refractivity contribution in [2.24, 2.45) is 0 Å². The number of anilines is 3. The van der Waals surface area contributed by atoms with Crippen molar-refractivity contribution in [3.63, 3.8) is 0 Å². The lowest BCUT2D eigenvalue weighted by Gasteiger charge is -2.31. The van der Waals surface area contributed by atoms with Gasteiger partial charge in [-0.2, -0.15) is 0 Å². The van der Waals surface area contributed by atoms with E-state index in [0.29, 0.717) is 17.9 Å². The van der Waals surface area contributed by atoms with E-state index in [0.717, 1.165) is 56.9 Å². The number of pyridine rings is 1. The van der Waals surface area contributed by atoms with E-state index in [1.54, 1.807) is 6.20 Å². The summed E-state index contributed by atoms with van der Waals surface area (Å²) in [4.78, 5) is 23.9. The summed E-state index contributed by atoms with van der Waals surface area (Å²) >= 11 is 0. The SMILES string of the molecule is CN1CCc2ccc(N3CCOc4cc(C(=O)N5CCCCC5)cnc43)cc21. The molecular weight excluding hydrogens is 352 g/mol. The van der Waals surface area contributed by atoms with Crippen LogP contribution in [0.15, 0.2) is 30.5 Å². The number of ether oxygens (including phenoxy) is 1. The zero-order valence-corrected chi connectivity index (χ0v) is 16.4. The maximum atomic E-state index is 12.8. The first-order chi connectivity index (χ1) is 13.7. The van der Waals surface area contributed by atoms with E-state index in [2.05, 4.69) is 40.0 Å². The van der Waals surface area contributed by atoms with Crippen LogP contribution in [0.3, 0.4) is 0 Å². The Labute approximate surface area is 165 Å². The van der Waals surface area contributed by atoms with Gasteiger partial charge in [0.2, 0.25) is 0 Å². The highest BCUT2D eigenvalue weighted by molar-refractivity contribution is 5.95. The lowest BCUT2D eigenvalue weighted by Crippen LogP contribution is -2.36. The predicted octanol–water partition coefficient (Wildman–Crippen LogP) is 3.23. The van der Waals surface area contributed by atoms with Gasteiger partial charge in [0.25, 0.3) is 5.91 Å². The Hall–Kier alpha value is -2.76. The van der Waals surface area contributed by atoms with Crippen molar-refractivity contribution in [3.8, 4) is 5.75 Å². The predicted molar refractivity (Wildman–Crippen MR) is 110 cm³/mol. The highest BCUT2D eigenvalue weighted by Crippen LogP contribution is 2.38. The van der Waals surface area contributed by atoms with E-state index in [-0.39, 0.29) is 5.91 Å². The van der Waals surface area contributed by atoms with Crippen molar-refractivity contribution in [2.45, 2.75) is 25.7 Å². The molecule has 0 radical (unpaired) electrons. The van der Waals surface area contributed by atoms with Crippen LogP contribution in [0.25, 0.3) is 0 Å². The van der Waals surface area contributed by atoms with Gasteiger partial charge in [0.05, 0.1) is 12.1 Å². The lowest BCUT2D eigenvalue weighted by atomic mass is 10.1. The van der Waals surface area contributed by atoms with E-state index in [1.807, 2.05) is 11.0 Å². The molecule has 1 aromatic carbocycles. The van der Waals surface area contributed by atoms with Crippen LogP contribution in [-0.4, -0.2) is 55.6 Å². The first-order valence-corrected chi connectivity index (χ1v) is 10.2. The third-order valence-corrected chi connectivity index (χ3v) is 6.06. The number of likely N-dealkylation sites (tertiary alicyclic amines) is 1. The first kappa shape index (κ1) is 17.3. The molecule has 0 aliphatic carbocycles. The molecule has 5 rings (SSSR count). The van der Waals surface area contributed by atoms with Crippen molar-refractivity contribution in [2.75, 3.05) is 49.6 Å². The molecule has 0 N–H and O–H groups in total. The molecule has 0 atom stereocenters. The number of amides is 1. The number of fused-ring (bicyclic) bond motifs is 2. The van der Waals surface area contributed by atoms with Crippen LogP contribution in [0.5, 0.6) is 5.75 Å². The minimum Gasteiger partial charge on any atom is -0.488 e. The molecule has 3 aliphatic rings. The van der Waals surface area contributed by atoms with E-state index >= 15 is 0 Å². The van der Waals surface area contributed by atoms with Gasteiger partial charge in [-0.25, -0.2) is 4.98 Å². The van der Waals surface area contributed by atoms with Gasteiger partial charge in [-0.05, 0) is 49.4 Å². The smallest absolute Gasteiger partial charge is 0.255 e. The zero-order valence-electron chi connectivity index (χ0n) is 16.4. The largest absolute Gasteiger partial charge is 0.488 e. The molecular formula is C22H26N4O2. The molecule has 1 aromatic heterocycles. The number of hydrogen-bond donors (Lipinski definition) is 0. The molecule has 3 aliphatic heterocycles. The third kappa shape index (κ3) is 2.97. The van der Waals surface area contributed by atoms with Gasteiger partial charge in [-0.3, -0.25) is 4.79 Å². The average molecular weight is 378 g/mol. The number of carbonyl (C=O) groups excluding carboxylic acids is 1. The number of rotatable bonds is 2. The van der Waals surface area contributed by atoms with Crippen LogP contribution in [-0.2, 0) is 6.42 Å². The van der Waals surface area contributed by atoms with Crippen molar-refractivity contribution >= 4 is 23.1 Å². The monoisotopic (exact) mass is 378 g/mol. The van der Waals surface area contributed by atoms with Gasteiger partial charge in [-0.15, -0.1) is 0 Å². The molecule has 2 aromatic rings. The number of benzene rings is 1. The van der Waals surface area contributed by atoms with E-state index in [4.69, 9.17) is 4.74 Å². The quantitative estimate of drug-likeness (QED) is 0.803. The lowest BCUT2D eigenvalue weighted by molar-refractivity contribution is 0.0723. The Kier molecular flexibility index (Phi) is 4.34. The minimum absolute atomic E-state index is 0.0647. The summed E-state index contributed by atoms with van der Waals surface area (Å²) in [5.41, 5.74) is 4.44. The van der Waals surface area contributed by atoms with Gasteiger partial charge in [0, 0.05) is 44.3 Å². The van der Waals surface area contributed by atoms with Crippen LogP contribution in [0.1, 0.15) is 35.2 Å². The Morgan fingerprint density at radius 3 is 2.79 bits per heavy atom. The Bertz CT molecular complexity index is 907. The van der Waals surface area contributed by atoms with Gasteiger partial charge in [-0.1, -0.05) is 6.07 Å². The fourth-order valence-electron chi connectivity index (χ4n) is 4.44. The van der Waals surface area contributed by atoms with E-state index in [1.165, 1.54) is 17.7 Å². The van der Waals surface area contributed by atoms with Gasteiger partial charge >= 0.3 is 0 Å². The molecule has 6 heteroatoms. The minimum atomic E-state index is 0.0647. The second-order valence-corrected chi connectivity index (χ2v) is 7.88. The van der Waals surface area contributed by atoms with Crippen LogP contribution in [0.4, 0.5) is 17.2 Å². The number of hydrogen-bond acceptors (Lipinski definition) is 5. The van der Waals surface area contributed by atoms with Crippen LogP contribution in [0.2, 0.25) is 0 Å². The third-order valence-electron chi connectivity index (χ3n) is 6.06. The summed E-state index contributed by atoms with van der Waals surface area (Å²) in [5.74, 6) is 1.56. The van der Waals surface area contributed by atoms with Crippen LogP contribution >= 0.6 is 0 Å².